The average Bonchev–Trinajstić information content (AvgIpc) is 2.72. The number of anilines is 1. The fourth-order valence-corrected chi connectivity index (χ4v) is 5.77. The summed E-state index contributed by atoms with van der Waals surface area (Å²) in [6.07, 6.45) is 0.991. The van der Waals surface area contributed by atoms with Crippen molar-refractivity contribution >= 4 is 44.8 Å². The number of aryl methyl sites for hydroxylation is 1. The van der Waals surface area contributed by atoms with Gasteiger partial charge in [0, 0.05) is 24.7 Å². The molecule has 1 fully saturated rings. The molecule has 168 valence electrons. The predicted molar refractivity (Wildman–Crippen MR) is 127 cm³/mol. The summed E-state index contributed by atoms with van der Waals surface area (Å²) in [5, 5.41) is 3.83. The van der Waals surface area contributed by atoms with Crippen LogP contribution in [0, 0.1) is 12.8 Å². The van der Waals surface area contributed by atoms with Gasteiger partial charge in [0.25, 0.3) is 0 Å². The first-order chi connectivity index (χ1) is 14.6. The number of carbonyl (C=O) groups is 1. The molecule has 3 rings (SSSR count). The zero-order chi connectivity index (χ0) is 22.8. The van der Waals surface area contributed by atoms with Crippen LogP contribution in [0.4, 0.5) is 5.69 Å². The summed E-state index contributed by atoms with van der Waals surface area (Å²) in [6, 6.07) is 10.9. The molecule has 31 heavy (non-hydrogen) atoms. The molecule has 5 nitrogen and oxygen atoms in total. The minimum atomic E-state index is -3.50. The minimum Gasteiger partial charge on any atom is -0.325 e. The highest BCUT2D eigenvalue weighted by molar-refractivity contribution is 7.88. The zero-order valence-corrected chi connectivity index (χ0v) is 20.3. The Balaban J connectivity index is 1.62. The lowest BCUT2D eigenvalue weighted by Gasteiger charge is -2.31. The average molecular weight is 483 g/mol. The van der Waals surface area contributed by atoms with Crippen molar-refractivity contribution in [1.82, 2.24) is 4.31 Å². The molecule has 1 aliphatic rings. The van der Waals surface area contributed by atoms with Crippen LogP contribution in [0.15, 0.2) is 36.4 Å². The van der Waals surface area contributed by atoms with Gasteiger partial charge in [0.05, 0.1) is 15.8 Å². The molecular weight excluding hydrogens is 455 g/mol. The van der Waals surface area contributed by atoms with Crippen LogP contribution in [-0.2, 0) is 20.6 Å². The van der Waals surface area contributed by atoms with E-state index in [0.717, 1.165) is 16.8 Å². The van der Waals surface area contributed by atoms with E-state index in [-0.39, 0.29) is 17.6 Å². The molecule has 0 bridgehead atoms. The monoisotopic (exact) mass is 482 g/mol. The van der Waals surface area contributed by atoms with Gasteiger partial charge in [0.2, 0.25) is 15.9 Å². The Kier molecular flexibility index (Phi) is 7.68. The van der Waals surface area contributed by atoms with E-state index < -0.39 is 10.0 Å². The summed E-state index contributed by atoms with van der Waals surface area (Å²) in [5.41, 5.74) is 3.60. The normalized spacial score (nSPS) is 15.9. The molecule has 1 aliphatic heterocycles. The van der Waals surface area contributed by atoms with E-state index in [9.17, 15) is 13.2 Å². The molecule has 1 amide bonds. The largest absolute Gasteiger partial charge is 0.325 e. The number of benzene rings is 2. The third kappa shape index (κ3) is 5.80. The van der Waals surface area contributed by atoms with Gasteiger partial charge < -0.3 is 5.32 Å². The fourth-order valence-electron chi connectivity index (χ4n) is 3.90. The number of hydrogen-bond acceptors (Lipinski definition) is 3. The Bertz CT molecular complexity index is 1060. The Labute approximate surface area is 194 Å². The van der Waals surface area contributed by atoms with Crippen LogP contribution in [0.25, 0.3) is 0 Å². The summed E-state index contributed by atoms with van der Waals surface area (Å²) >= 11 is 11.9. The zero-order valence-electron chi connectivity index (χ0n) is 18.0. The molecule has 2 aromatic carbocycles. The third-order valence-corrected chi connectivity index (χ3v) is 8.32. The van der Waals surface area contributed by atoms with E-state index in [1.165, 1.54) is 4.31 Å². The summed E-state index contributed by atoms with van der Waals surface area (Å²) < 4.78 is 27.1. The first-order valence-corrected chi connectivity index (χ1v) is 12.8. The van der Waals surface area contributed by atoms with Gasteiger partial charge in [-0.2, -0.15) is 0 Å². The maximum Gasteiger partial charge on any atom is 0.227 e. The quantitative estimate of drug-likeness (QED) is 0.581. The standard InChI is InChI=1S/C23H28Cl2N2O3S/c1-15(2)19-6-4-5-16(3)22(19)26-23(28)18-9-11-27(12-10-18)31(29,30)14-17-7-8-20(24)21(25)13-17/h4-8,13,15,18H,9-12,14H2,1-3H3,(H,26,28). The van der Waals surface area contributed by atoms with Crippen molar-refractivity contribution in [2.75, 3.05) is 18.4 Å². The van der Waals surface area contributed by atoms with Crippen LogP contribution in [0.5, 0.6) is 0 Å². The van der Waals surface area contributed by atoms with Crippen LogP contribution < -0.4 is 5.32 Å². The van der Waals surface area contributed by atoms with Crippen LogP contribution in [-0.4, -0.2) is 31.7 Å². The van der Waals surface area contributed by atoms with E-state index in [4.69, 9.17) is 23.2 Å². The van der Waals surface area contributed by atoms with Crippen LogP contribution in [0.2, 0.25) is 10.0 Å². The number of nitrogens with zero attached hydrogens (tertiary/aromatic N) is 1. The van der Waals surface area contributed by atoms with Crippen LogP contribution in [0.1, 0.15) is 49.3 Å². The van der Waals surface area contributed by atoms with Crippen molar-refractivity contribution in [2.24, 2.45) is 5.92 Å². The maximum absolute atomic E-state index is 12.9. The number of carbonyl (C=O) groups excluding carboxylic acids is 1. The minimum absolute atomic E-state index is 0.0438. The van der Waals surface area contributed by atoms with Gasteiger partial charge in [-0.15, -0.1) is 0 Å². The van der Waals surface area contributed by atoms with Gasteiger partial charge >= 0.3 is 0 Å². The van der Waals surface area contributed by atoms with Crippen LogP contribution >= 0.6 is 23.2 Å². The van der Waals surface area contributed by atoms with Crippen molar-refractivity contribution in [2.45, 2.75) is 45.3 Å². The van der Waals surface area contributed by atoms with Crippen molar-refractivity contribution in [3.63, 3.8) is 0 Å². The van der Waals surface area contributed by atoms with E-state index in [0.29, 0.717) is 47.5 Å². The predicted octanol–water partition coefficient (Wildman–Crippen LogP) is 5.61. The van der Waals surface area contributed by atoms with Crippen molar-refractivity contribution < 1.29 is 13.2 Å². The van der Waals surface area contributed by atoms with E-state index in [1.54, 1.807) is 18.2 Å². The van der Waals surface area contributed by atoms with Gasteiger partial charge in [-0.3, -0.25) is 4.79 Å². The van der Waals surface area contributed by atoms with E-state index in [2.05, 4.69) is 19.2 Å². The SMILES string of the molecule is Cc1cccc(C(C)C)c1NC(=O)C1CCN(S(=O)(=O)Cc2ccc(Cl)c(Cl)c2)CC1. The Morgan fingerprint density at radius 1 is 1.13 bits per heavy atom. The topological polar surface area (TPSA) is 66.5 Å². The molecule has 0 aliphatic carbocycles. The highest BCUT2D eigenvalue weighted by Crippen LogP contribution is 2.30. The fraction of sp³-hybridized carbons (Fsp3) is 0.435. The molecule has 1 N–H and O–H groups in total. The second-order valence-electron chi connectivity index (χ2n) is 8.36. The highest BCUT2D eigenvalue weighted by Gasteiger charge is 2.31. The number of sulfonamides is 1. The lowest BCUT2D eigenvalue weighted by molar-refractivity contribution is -0.120. The second kappa shape index (κ2) is 9.90. The molecular formula is C23H28Cl2N2O3S. The summed E-state index contributed by atoms with van der Waals surface area (Å²) in [6.45, 7) is 6.84. The second-order valence-corrected chi connectivity index (χ2v) is 11.1. The number of halogens is 2. The molecule has 1 heterocycles. The molecule has 1 saturated heterocycles. The first-order valence-electron chi connectivity index (χ1n) is 10.4. The number of piperidine rings is 1. The molecule has 8 heteroatoms. The summed E-state index contributed by atoms with van der Waals surface area (Å²) in [5.74, 6) is -0.0980. The molecule has 0 atom stereocenters. The summed E-state index contributed by atoms with van der Waals surface area (Å²) in [4.78, 5) is 12.9. The lowest BCUT2D eigenvalue weighted by Crippen LogP contribution is -2.42. The van der Waals surface area contributed by atoms with Crippen LogP contribution in [0.3, 0.4) is 0 Å². The van der Waals surface area contributed by atoms with Crippen molar-refractivity contribution in [3.05, 3.63) is 63.1 Å². The summed E-state index contributed by atoms with van der Waals surface area (Å²) in [7, 11) is -3.50. The number of hydrogen-bond donors (Lipinski definition) is 1. The smallest absolute Gasteiger partial charge is 0.227 e. The molecule has 0 spiro atoms. The van der Waals surface area contributed by atoms with Crippen molar-refractivity contribution in [1.29, 1.82) is 0 Å². The number of rotatable bonds is 6. The van der Waals surface area contributed by atoms with Gasteiger partial charge in [0.15, 0.2) is 0 Å². The van der Waals surface area contributed by atoms with Gasteiger partial charge in [-0.25, -0.2) is 12.7 Å². The Morgan fingerprint density at radius 3 is 2.42 bits per heavy atom. The first kappa shape index (κ1) is 24.1. The highest BCUT2D eigenvalue weighted by atomic mass is 35.5. The third-order valence-electron chi connectivity index (χ3n) is 5.73. The number of nitrogens with one attached hydrogen (secondary N) is 1. The van der Waals surface area contributed by atoms with Gasteiger partial charge in [-0.05, 0) is 54.5 Å². The van der Waals surface area contributed by atoms with Gasteiger partial charge in [-0.1, -0.05) is 61.3 Å². The lowest BCUT2D eigenvalue weighted by atomic mass is 9.95. The molecule has 0 aromatic heterocycles. The van der Waals surface area contributed by atoms with Gasteiger partial charge in [0.1, 0.15) is 0 Å². The van der Waals surface area contributed by atoms with Crippen molar-refractivity contribution in [3.8, 4) is 0 Å². The van der Waals surface area contributed by atoms with E-state index in [1.807, 2.05) is 25.1 Å². The van der Waals surface area contributed by atoms with E-state index >= 15 is 0 Å². The Hall–Kier alpha value is -1.60. The molecule has 0 radical (unpaired) electrons. The molecule has 0 unspecified atom stereocenters. The number of para-hydroxylation sites is 1. The molecule has 0 saturated carbocycles. The molecule has 2 aromatic rings. The number of amides is 1. The maximum atomic E-state index is 12.9. The Morgan fingerprint density at radius 2 is 1.81 bits per heavy atom.